The SMILES string of the molecule is O=C(CCCc1nc(-c2cccnc2)no1)N[C@H]1COC[C@H]1Cc1ccncc1. The van der Waals surface area contributed by atoms with Gasteiger partial charge in [0.05, 0.1) is 19.3 Å². The Morgan fingerprint density at radius 3 is 2.86 bits per heavy atom. The van der Waals surface area contributed by atoms with Crippen LogP contribution in [-0.4, -0.2) is 45.3 Å². The van der Waals surface area contributed by atoms with Crippen molar-refractivity contribution >= 4 is 5.91 Å². The summed E-state index contributed by atoms with van der Waals surface area (Å²) in [6.07, 6.45) is 9.43. The Labute approximate surface area is 168 Å². The van der Waals surface area contributed by atoms with Crippen molar-refractivity contribution < 1.29 is 14.1 Å². The molecular formula is C21H23N5O3. The first-order chi connectivity index (χ1) is 14.3. The van der Waals surface area contributed by atoms with Gasteiger partial charge in [0, 0.05) is 49.1 Å². The Morgan fingerprint density at radius 2 is 2.03 bits per heavy atom. The molecule has 3 aromatic rings. The van der Waals surface area contributed by atoms with Crippen molar-refractivity contribution in [3.63, 3.8) is 0 Å². The van der Waals surface area contributed by atoms with Crippen molar-refractivity contribution in [3.05, 3.63) is 60.5 Å². The number of amides is 1. The monoisotopic (exact) mass is 393 g/mol. The van der Waals surface area contributed by atoms with E-state index < -0.39 is 0 Å². The number of rotatable bonds is 8. The summed E-state index contributed by atoms with van der Waals surface area (Å²) in [6.45, 7) is 1.21. The smallest absolute Gasteiger partial charge is 0.226 e. The maximum Gasteiger partial charge on any atom is 0.226 e. The van der Waals surface area contributed by atoms with E-state index in [9.17, 15) is 4.79 Å². The molecule has 1 amide bonds. The highest BCUT2D eigenvalue weighted by Gasteiger charge is 2.29. The molecule has 0 aliphatic carbocycles. The van der Waals surface area contributed by atoms with Gasteiger partial charge >= 0.3 is 0 Å². The minimum atomic E-state index is 0.0206. The first-order valence-electron chi connectivity index (χ1n) is 9.77. The van der Waals surface area contributed by atoms with E-state index in [-0.39, 0.29) is 17.9 Å². The standard InChI is InChI=1S/C21H23N5O3/c27-19(24-18-14-28-13-17(18)11-15-6-9-22-10-7-15)4-1-5-20-25-21(26-29-20)16-3-2-8-23-12-16/h2-3,6-10,12,17-18H,1,4-5,11,13-14H2,(H,24,27)/t17-,18+/m1/s1. The van der Waals surface area contributed by atoms with E-state index >= 15 is 0 Å². The number of hydrogen-bond donors (Lipinski definition) is 1. The van der Waals surface area contributed by atoms with Crippen molar-refractivity contribution in [2.75, 3.05) is 13.2 Å². The summed E-state index contributed by atoms with van der Waals surface area (Å²) in [5.74, 6) is 1.34. The van der Waals surface area contributed by atoms with Crippen molar-refractivity contribution in [1.29, 1.82) is 0 Å². The molecule has 1 saturated heterocycles. The van der Waals surface area contributed by atoms with Crippen LogP contribution in [0.2, 0.25) is 0 Å². The molecule has 2 atom stereocenters. The van der Waals surface area contributed by atoms with E-state index in [4.69, 9.17) is 9.26 Å². The molecule has 0 unspecified atom stereocenters. The lowest BCUT2D eigenvalue weighted by Gasteiger charge is -2.19. The summed E-state index contributed by atoms with van der Waals surface area (Å²) in [5, 5.41) is 7.08. The molecule has 1 fully saturated rings. The lowest BCUT2D eigenvalue weighted by atomic mass is 9.95. The maximum absolute atomic E-state index is 12.4. The highest BCUT2D eigenvalue weighted by atomic mass is 16.5. The first-order valence-corrected chi connectivity index (χ1v) is 9.77. The molecule has 0 aromatic carbocycles. The Morgan fingerprint density at radius 1 is 1.14 bits per heavy atom. The highest BCUT2D eigenvalue weighted by molar-refractivity contribution is 5.76. The first kappa shape index (κ1) is 19.2. The van der Waals surface area contributed by atoms with Crippen LogP contribution in [0.25, 0.3) is 11.4 Å². The minimum absolute atomic E-state index is 0.0206. The summed E-state index contributed by atoms with van der Waals surface area (Å²) in [6, 6.07) is 7.74. The van der Waals surface area contributed by atoms with Gasteiger partial charge in [-0.15, -0.1) is 0 Å². The van der Waals surface area contributed by atoms with E-state index in [1.165, 1.54) is 5.56 Å². The number of nitrogens with one attached hydrogen (secondary N) is 1. The molecular weight excluding hydrogens is 370 g/mol. The lowest BCUT2D eigenvalue weighted by Crippen LogP contribution is -2.40. The molecule has 0 bridgehead atoms. The van der Waals surface area contributed by atoms with Gasteiger partial charge in [0.15, 0.2) is 0 Å². The van der Waals surface area contributed by atoms with Crippen LogP contribution in [0.4, 0.5) is 0 Å². The molecule has 29 heavy (non-hydrogen) atoms. The number of nitrogens with zero attached hydrogens (tertiary/aromatic N) is 4. The second kappa shape index (κ2) is 9.38. The topological polar surface area (TPSA) is 103 Å². The molecule has 150 valence electrons. The number of aryl methyl sites for hydroxylation is 1. The van der Waals surface area contributed by atoms with E-state index in [0.29, 0.717) is 44.2 Å². The summed E-state index contributed by atoms with van der Waals surface area (Å²) in [5.41, 5.74) is 2.01. The lowest BCUT2D eigenvalue weighted by molar-refractivity contribution is -0.122. The second-order valence-electron chi connectivity index (χ2n) is 7.14. The third-order valence-electron chi connectivity index (χ3n) is 4.97. The van der Waals surface area contributed by atoms with Gasteiger partial charge in [-0.3, -0.25) is 14.8 Å². The number of carbonyl (C=O) groups excluding carboxylic acids is 1. The van der Waals surface area contributed by atoms with Gasteiger partial charge in [-0.1, -0.05) is 5.16 Å². The average Bonchev–Trinajstić information content (AvgIpc) is 3.39. The van der Waals surface area contributed by atoms with Crippen molar-refractivity contribution in [3.8, 4) is 11.4 Å². The zero-order valence-corrected chi connectivity index (χ0v) is 16.0. The van der Waals surface area contributed by atoms with E-state index in [1.54, 1.807) is 24.8 Å². The number of carbonyl (C=O) groups is 1. The Hall–Kier alpha value is -3.13. The van der Waals surface area contributed by atoms with Crippen LogP contribution in [0.3, 0.4) is 0 Å². The molecule has 1 N–H and O–H groups in total. The van der Waals surface area contributed by atoms with Gasteiger partial charge in [-0.25, -0.2) is 0 Å². The minimum Gasteiger partial charge on any atom is -0.379 e. The van der Waals surface area contributed by atoms with E-state index in [1.807, 2.05) is 24.3 Å². The predicted molar refractivity (Wildman–Crippen MR) is 105 cm³/mol. The number of hydrogen-bond acceptors (Lipinski definition) is 7. The van der Waals surface area contributed by atoms with Crippen LogP contribution in [0, 0.1) is 5.92 Å². The van der Waals surface area contributed by atoms with Crippen LogP contribution in [0.15, 0.2) is 53.6 Å². The second-order valence-corrected chi connectivity index (χ2v) is 7.14. The van der Waals surface area contributed by atoms with Crippen LogP contribution < -0.4 is 5.32 Å². The predicted octanol–water partition coefficient (Wildman–Crippen LogP) is 2.22. The summed E-state index contributed by atoms with van der Waals surface area (Å²) in [7, 11) is 0. The van der Waals surface area contributed by atoms with Gasteiger partial charge in [0.2, 0.25) is 17.6 Å². The van der Waals surface area contributed by atoms with Crippen LogP contribution in [0.1, 0.15) is 24.3 Å². The highest BCUT2D eigenvalue weighted by Crippen LogP contribution is 2.19. The van der Waals surface area contributed by atoms with Gasteiger partial charge < -0.3 is 14.6 Å². The molecule has 1 aliphatic heterocycles. The van der Waals surface area contributed by atoms with Gasteiger partial charge in [0.25, 0.3) is 0 Å². The Balaban J connectivity index is 1.22. The fraction of sp³-hybridized carbons (Fsp3) is 0.381. The fourth-order valence-corrected chi connectivity index (χ4v) is 3.43. The fourth-order valence-electron chi connectivity index (χ4n) is 3.43. The molecule has 3 aromatic heterocycles. The molecule has 0 spiro atoms. The van der Waals surface area contributed by atoms with E-state index in [0.717, 1.165) is 12.0 Å². The van der Waals surface area contributed by atoms with Gasteiger partial charge in [0.1, 0.15) is 0 Å². The zero-order valence-electron chi connectivity index (χ0n) is 16.0. The average molecular weight is 393 g/mol. The molecule has 4 heterocycles. The quantitative estimate of drug-likeness (QED) is 0.626. The molecule has 0 saturated carbocycles. The van der Waals surface area contributed by atoms with Crippen molar-refractivity contribution in [2.45, 2.75) is 31.7 Å². The Bertz CT molecular complexity index is 916. The van der Waals surface area contributed by atoms with Crippen molar-refractivity contribution in [2.24, 2.45) is 5.92 Å². The molecule has 0 radical (unpaired) electrons. The molecule has 8 heteroatoms. The number of aromatic nitrogens is 4. The maximum atomic E-state index is 12.4. The van der Waals surface area contributed by atoms with Crippen LogP contribution in [0.5, 0.6) is 0 Å². The molecule has 4 rings (SSSR count). The number of ether oxygens (including phenoxy) is 1. The largest absolute Gasteiger partial charge is 0.379 e. The van der Waals surface area contributed by atoms with Crippen LogP contribution >= 0.6 is 0 Å². The Kier molecular flexibility index (Phi) is 6.21. The van der Waals surface area contributed by atoms with Crippen molar-refractivity contribution in [1.82, 2.24) is 25.4 Å². The van der Waals surface area contributed by atoms with Crippen LogP contribution in [-0.2, 0) is 22.4 Å². The summed E-state index contributed by atoms with van der Waals surface area (Å²) >= 11 is 0. The van der Waals surface area contributed by atoms with Gasteiger partial charge in [-0.2, -0.15) is 4.98 Å². The number of pyridine rings is 2. The normalized spacial score (nSPS) is 18.6. The third-order valence-corrected chi connectivity index (χ3v) is 4.97. The molecule has 1 aliphatic rings. The summed E-state index contributed by atoms with van der Waals surface area (Å²) < 4.78 is 10.9. The summed E-state index contributed by atoms with van der Waals surface area (Å²) in [4.78, 5) is 24.8. The third kappa shape index (κ3) is 5.23. The zero-order chi connectivity index (χ0) is 19.9. The van der Waals surface area contributed by atoms with Gasteiger partial charge in [-0.05, 0) is 42.7 Å². The van der Waals surface area contributed by atoms with E-state index in [2.05, 4.69) is 25.4 Å². The molecule has 8 nitrogen and oxygen atoms in total.